The molecule has 112 valence electrons. The Hall–Kier alpha value is -1.25. The first-order valence-corrected chi connectivity index (χ1v) is 7.69. The first-order valence-electron chi connectivity index (χ1n) is 6.03. The van der Waals surface area contributed by atoms with Gasteiger partial charge in [-0.15, -0.1) is 12.4 Å². The maximum absolute atomic E-state index is 12.2. The number of aromatic nitrogens is 1. The lowest BCUT2D eigenvalue weighted by molar-refractivity contribution is -0.388. The minimum absolute atomic E-state index is 0. The topological polar surface area (TPSA) is 102 Å². The summed E-state index contributed by atoms with van der Waals surface area (Å²) in [6.45, 7) is 1.56. The third-order valence-electron chi connectivity index (χ3n) is 3.16. The fraction of sp³-hybridized carbons (Fsp3) is 0.545. The van der Waals surface area contributed by atoms with Crippen molar-refractivity contribution in [1.29, 1.82) is 0 Å². The molecule has 1 aromatic heterocycles. The summed E-state index contributed by atoms with van der Waals surface area (Å²) < 4.78 is 24.5. The number of piperidine rings is 1. The molecule has 1 aliphatic heterocycles. The smallest absolute Gasteiger partial charge is 0.306 e. The number of nitrogens with one attached hydrogen (secondary N) is 1. The van der Waals surface area contributed by atoms with E-state index in [1.54, 1.807) is 0 Å². The Bertz CT molecular complexity index is 573. The number of hydrogen-bond donors (Lipinski definition) is 1. The molecule has 0 amide bonds. The highest BCUT2D eigenvalue weighted by atomic mass is 35.5. The van der Waals surface area contributed by atoms with Crippen molar-refractivity contribution in [3.63, 3.8) is 0 Å². The van der Waals surface area contributed by atoms with E-state index in [-0.39, 0.29) is 24.1 Å². The van der Waals surface area contributed by atoms with Crippen LogP contribution in [0.1, 0.15) is 12.8 Å². The van der Waals surface area contributed by atoms with Crippen LogP contribution < -0.4 is 5.32 Å². The van der Waals surface area contributed by atoms with Crippen molar-refractivity contribution in [3.05, 3.63) is 28.4 Å². The molecule has 0 saturated carbocycles. The quantitative estimate of drug-likeness (QED) is 0.660. The van der Waals surface area contributed by atoms with Crippen LogP contribution in [0.15, 0.2) is 23.4 Å². The summed E-state index contributed by atoms with van der Waals surface area (Å²) >= 11 is 0. The minimum atomic E-state index is -3.72. The molecular formula is C11H16ClN3O4S. The van der Waals surface area contributed by atoms with E-state index >= 15 is 0 Å². The summed E-state index contributed by atoms with van der Waals surface area (Å²) in [4.78, 5) is 13.8. The molecule has 0 radical (unpaired) electrons. The van der Waals surface area contributed by atoms with Crippen LogP contribution in [0.5, 0.6) is 0 Å². The van der Waals surface area contributed by atoms with Crippen LogP contribution in [0, 0.1) is 16.0 Å². The van der Waals surface area contributed by atoms with Gasteiger partial charge in [-0.25, -0.2) is 13.4 Å². The Labute approximate surface area is 123 Å². The third kappa shape index (κ3) is 3.87. The van der Waals surface area contributed by atoms with E-state index in [1.807, 2.05) is 0 Å². The number of halogens is 1. The van der Waals surface area contributed by atoms with Crippen molar-refractivity contribution in [1.82, 2.24) is 10.3 Å². The number of sulfone groups is 1. The lowest BCUT2D eigenvalue weighted by atomic mass is 10.0. The first kappa shape index (κ1) is 16.8. The van der Waals surface area contributed by atoms with Crippen molar-refractivity contribution >= 4 is 27.9 Å². The Kier molecular flexibility index (Phi) is 5.85. The largest absolute Gasteiger partial charge is 0.317 e. The van der Waals surface area contributed by atoms with Gasteiger partial charge in [-0.05, 0) is 37.9 Å². The second kappa shape index (κ2) is 6.96. The monoisotopic (exact) mass is 321 g/mol. The third-order valence-corrected chi connectivity index (χ3v) is 4.97. The van der Waals surface area contributed by atoms with E-state index in [0.29, 0.717) is 0 Å². The SMILES string of the molecule is Cl.O=[N+]([O-])c1cccnc1S(=O)(=O)CC1CCNCC1. The Balaban J connectivity index is 0.00000200. The van der Waals surface area contributed by atoms with Gasteiger partial charge < -0.3 is 5.32 Å². The molecule has 9 heteroatoms. The highest BCUT2D eigenvalue weighted by Gasteiger charge is 2.30. The van der Waals surface area contributed by atoms with E-state index < -0.39 is 25.5 Å². The molecule has 1 saturated heterocycles. The molecule has 1 aliphatic rings. The van der Waals surface area contributed by atoms with Gasteiger partial charge in [-0.2, -0.15) is 0 Å². The van der Waals surface area contributed by atoms with Crippen molar-refractivity contribution in [2.45, 2.75) is 17.9 Å². The second-order valence-electron chi connectivity index (χ2n) is 4.56. The molecule has 0 aliphatic carbocycles. The predicted octanol–water partition coefficient (Wildman–Crippen LogP) is 1.18. The number of nitrogens with zero attached hydrogens (tertiary/aromatic N) is 2. The molecule has 2 rings (SSSR count). The van der Waals surface area contributed by atoms with E-state index in [2.05, 4.69) is 10.3 Å². The van der Waals surface area contributed by atoms with Gasteiger partial charge >= 0.3 is 5.69 Å². The molecule has 20 heavy (non-hydrogen) atoms. The molecule has 0 atom stereocenters. The van der Waals surface area contributed by atoms with Crippen LogP contribution in [0.2, 0.25) is 0 Å². The first-order chi connectivity index (χ1) is 9.00. The normalized spacial score (nSPS) is 16.4. The fourth-order valence-electron chi connectivity index (χ4n) is 2.20. The molecule has 2 heterocycles. The van der Waals surface area contributed by atoms with Gasteiger partial charge in [0.25, 0.3) is 0 Å². The number of nitro groups is 1. The minimum Gasteiger partial charge on any atom is -0.317 e. The summed E-state index contributed by atoms with van der Waals surface area (Å²) in [6.07, 6.45) is 2.79. The van der Waals surface area contributed by atoms with E-state index in [0.717, 1.165) is 25.9 Å². The van der Waals surface area contributed by atoms with Gasteiger partial charge in [0.2, 0.25) is 14.9 Å². The summed E-state index contributed by atoms with van der Waals surface area (Å²) in [7, 11) is -3.72. The molecule has 1 fully saturated rings. The fourth-order valence-corrected chi connectivity index (χ4v) is 3.99. The van der Waals surface area contributed by atoms with Crippen LogP contribution in [0.3, 0.4) is 0 Å². The van der Waals surface area contributed by atoms with Gasteiger partial charge in [0, 0.05) is 12.3 Å². The van der Waals surface area contributed by atoms with E-state index in [4.69, 9.17) is 0 Å². The molecule has 0 spiro atoms. The van der Waals surface area contributed by atoms with Gasteiger partial charge in [-0.3, -0.25) is 10.1 Å². The zero-order valence-corrected chi connectivity index (χ0v) is 12.3. The van der Waals surface area contributed by atoms with Crippen LogP contribution in [-0.2, 0) is 9.84 Å². The zero-order chi connectivity index (χ0) is 13.9. The summed E-state index contributed by atoms with van der Waals surface area (Å²) in [5.41, 5.74) is -0.448. The average Bonchev–Trinajstić information content (AvgIpc) is 2.39. The molecule has 1 aromatic rings. The number of rotatable bonds is 4. The lowest BCUT2D eigenvalue weighted by Gasteiger charge is -2.21. The number of hydrogen-bond acceptors (Lipinski definition) is 6. The van der Waals surface area contributed by atoms with Crippen LogP contribution in [-0.4, -0.2) is 37.2 Å². The van der Waals surface area contributed by atoms with Gasteiger partial charge in [-0.1, -0.05) is 0 Å². The maximum atomic E-state index is 12.2. The standard InChI is InChI=1S/C11H15N3O4S.ClH/c15-14(16)10-2-1-5-13-11(10)19(17,18)8-9-3-6-12-7-4-9;/h1-2,5,9,12H,3-4,6-8H2;1H. The Morgan fingerprint density at radius 1 is 1.40 bits per heavy atom. The molecule has 0 bridgehead atoms. The van der Waals surface area contributed by atoms with Crippen molar-refractivity contribution in [3.8, 4) is 0 Å². The van der Waals surface area contributed by atoms with Gasteiger partial charge in [0.15, 0.2) is 0 Å². The van der Waals surface area contributed by atoms with Crippen molar-refractivity contribution < 1.29 is 13.3 Å². The predicted molar refractivity (Wildman–Crippen MR) is 75.8 cm³/mol. The molecule has 0 unspecified atom stereocenters. The maximum Gasteiger partial charge on any atom is 0.306 e. The molecule has 7 nitrogen and oxygen atoms in total. The second-order valence-corrected chi connectivity index (χ2v) is 6.51. The average molecular weight is 322 g/mol. The summed E-state index contributed by atoms with van der Waals surface area (Å²) in [5.74, 6) is -0.0418. The van der Waals surface area contributed by atoms with Crippen molar-refractivity contribution in [2.24, 2.45) is 5.92 Å². The van der Waals surface area contributed by atoms with Crippen molar-refractivity contribution in [2.75, 3.05) is 18.8 Å². The summed E-state index contributed by atoms with van der Waals surface area (Å²) in [6, 6.07) is 2.53. The molecular weight excluding hydrogens is 306 g/mol. The zero-order valence-electron chi connectivity index (χ0n) is 10.7. The molecule has 1 N–H and O–H groups in total. The van der Waals surface area contributed by atoms with E-state index in [9.17, 15) is 18.5 Å². The Morgan fingerprint density at radius 2 is 2.05 bits per heavy atom. The Morgan fingerprint density at radius 3 is 2.65 bits per heavy atom. The molecule has 0 aromatic carbocycles. The van der Waals surface area contributed by atoms with Gasteiger partial charge in [0.1, 0.15) is 0 Å². The van der Waals surface area contributed by atoms with Gasteiger partial charge in [0.05, 0.1) is 10.7 Å². The van der Waals surface area contributed by atoms with Crippen LogP contribution >= 0.6 is 12.4 Å². The van der Waals surface area contributed by atoms with E-state index in [1.165, 1.54) is 18.3 Å². The summed E-state index contributed by atoms with van der Waals surface area (Å²) in [5, 5.41) is 13.6. The lowest BCUT2D eigenvalue weighted by Crippen LogP contribution is -2.31. The number of pyridine rings is 1. The van der Waals surface area contributed by atoms with Crippen LogP contribution in [0.25, 0.3) is 0 Å². The highest BCUT2D eigenvalue weighted by molar-refractivity contribution is 7.91. The van der Waals surface area contributed by atoms with Crippen LogP contribution in [0.4, 0.5) is 5.69 Å². The highest BCUT2D eigenvalue weighted by Crippen LogP contribution is 2.25.